The first-order chi connectivity index (χ1) is 11.9. The average Bonchev–Trinajstić information content (AvgIpc) is 3.12. The van der Waals surface area contributed by atoms with Gasteiger partial charge in [0.15, 0.2) is 0 Å². The molecule has 2 nitrogen and oxygen atoms in total. The Labute approximate surface area is 154 Å². The highest BCUT2D eigenvalue weighted by Crippen LogP contribution is 2.82. The van der Waals surface area contributed by atoms with Crippen molar-refractivity contribution in [2.45, 2.75) is 78.2 Å². The van der Waals surface area contributed by atoms with Gasteiger partial charge in [0, 0.05) is 19.1 Å². The Kier molecular flexibility index (Phi) is 3.58. The Morgan fingerprint density at radius 3 is 2.56 bits per heavy atom. The first-order valence-electron chi connectivity index (χ1n) is 11.1. The Balaban J connectivity index is 1.49. The first-order valence-corrected chi connectivity index (χ1v) is 11.1. The lowest BCUT2D eigenvalue weighted by atomic mass is 9.45. The fraction of sp³-hybridized carbons (Fsp3) is 1.00. The second-order valence-electron chi connectivity index (χ2n) is 11.1. The van der Waals surface area contributed by atoms with Crippen LogP contribution >= 0.6 is 0 Å². The molecule has 0 heterocycles. The topological polar surface area (TPSA) is 29.5 Å². The SMILES string of the molecule is CO[C@@H]1C[C@H]2[C@@H]3CC[C@H]([C@H](C)CO)[C@@]3(C)CC[C@@H]2[C@@]2(C)CC[C@@H]3CC312. The van der Waals surface area contributed by atoms with E-state index in [1.54, 1.807) is 0 Å². The number of methoxy groups -OCH3 is 1. The van der Waals surface area contributed by atoms with Crippen LogP contribution in [0.25, 0.3) is 0 Å². The predicted octanol–water partition coefficient (Wildman–Crippen LogP) is 4.90. The lowest BCUT2D eigenvalue weighted by Crippen LogP contribution is -2.57. The number of fused-ring (bicyclic) bond motifs is 4. The summed E-state index contributed by atoms with van der Waals surface area (Å²) in [5.74, 6) is 4.85. The number of rotatable bonds is 3. The maximum absolute atomic E-state index is 9.80. The Bertz CT molecular complexity index is 560. The Hall–Kier alpha value is -0.0800. The summed E-state index contributed by atoms with van der Waals surface area (Å²) < 4.78 is 6.20. The fourth-order valence-electron chi connectivity index (χ4n) is 9.68. The number of ether oxygens (including phenoxy) is 1. The van der Waals surface area contributed by atoms with E-state index in [0.29, 0.717) is 34.9 Å². The van der Waals surface area contributed by atoms with Gasteiger partial charge in [0.25, 0.3) is 0 Å². The maximum atomic E-state index is 9.80. The van der Waals surface area contributed by atoms with Crippen molar-refractivity contribution in [2.24, 2.45) is 51.8 Å². The second-order valence-corrected chi connectivity index (χ2v) is 11.1. The molecule has 10 atom stereocenters. The van der Waals surface area contributed by atoms with Crippen molar-refractivity contribution in [2.75, 3.05) is 13.7 Å². The zero-order chi connectivity index (χ0) is 17.6. The van der Waals surface area contributed by atoms with Crippen LogP contribution in [0.15, 0.2) is 0 Å². The third kappa shape index (κ3) is 1.85. The highest BCUT2D eigenvalue weighted by molar-refractivity contribution is 5.26. The van der Waals surface area contributed by atoms with Crippen molar-refractivity contribution in [3.05, 3.63) is 0 Å². The van der Waals surface area contributed by atoms with Gasteiger partial charge >= 0.3 is 0 Å². The van der Waals surface area contributed by atoms with Gasteiger partial charge in [0.2, 0.25) is 0 Å². The highest BCUT2D eigenvalue weighted by Gasteiger charge is 2.77. The lowest BCUT2D eigenvalue weighted by molar-refractivity contribution is -0.161. The fourth-order valence-corrected chi connectivity index (χ4v) is 9.68. The minimum Gasteiger partial charge on any atom is -0.396 e. The normalized spacial score (nSPS) is 60.4. The van der Waals surface area contributed by atoms with E-state index in [-0.39, 0.29) is 0 Å². The number of aliphatic hydroxyl groups excluding tert-OH is 1. The molecule has 2 heteroatoms. The molecule has 0 aliphatic heterocycles. The minimum atomic E-state index is 0.365. The van der Waals surface area contributed by atoms with Gasteiger partial charge in [-0.1, -0.05) is 20.8 Å². The number of hydrogen-bond donors (Lipinski definition) is 1. The summed E-state index contributed by atoms with van der Waals surface area (Å²) in [5, 5.41) is 9.80. The van der Waals surface area contributed by atoms with Crippen LogP contribution in [0.3, 0.4) is 0 Å². The van der Waals surface area contributed by atoms with E-state index in [1.807, 2.05) is 7.11 Å². The molecule has 5 aliphatic rings. The van der Waals surface area contributed by atoms with Crippen LogP contribution in [0.2, 0.25) is 0 Å². The van der Waals surface area contributed by atoms with Crippen LogP contribution in [-0.4, -0.2) is 24.9 Å². The summed E-state index contributed by atoms with van der Waals surface area (Å²) in [5.41, 5.74) is 1.56. The van der Waals surface area contributed by atoms with Gasteiger partial charge in [0.05, 0.1) is 6.10 Å². The van der Waals surface area contributed by atoms with Crippen molar-refractivity contribution in [3.8, 4) is 0 Å². The third-order valence-corrected chi connectivity index (χ3v) is 10.9. The van der Waals surface area contributed by atoms with Gasteiger partial charge in [-0.15, -0.1) is 0 Å². The number of hydrogen-bond acceptors (Lipinski definition) is 2. The van der Waals surface area contributed by atoms with E-state index in [9.17, 15) is 5.11 Å². The molecule has 0 aromatic heterocycles. The van der Waals surface area contributed by atoms with Crippen LogP contribution in [-0.2, 0) is 4.74 Å². The van der Waals surface area contributed by atoms with Crippen molar-refractivity contribution >= 4 is 0 Å². The quantitative estimate of drug-likeness (QED) is 0.787. The number of aliphatic hydroxyl groups is 1. The van der Waals surface area contributed by atoms with Crippen molar-refractivity contribution in [3.63, 3.8) is 0 Å². The van der Waals surface area contributed by atoms with Crippen molar-refractivity contribution in [1.29, 1.82) is 0 Å². The lowest BCUT2D eigenvalue weighted by Gasteiger charge is -2.61. The van der Waals surface area contributed by atoms with E-state index in [0.717, 1.165) is 29.6 Å². The van der Waals surface area contributed by atoms with Crippen molar-refractivity contribution < 1.29 is 9.84 Å². The summed E-state index contributed by atoms with van der Waals surface area (Å²) in [6.45, 7) is 7.89. The van der Waals surface area contributed by atoms with Crippen LogP contribution < -0.4 is 0 Å². The smallest absolute Gasteiger partial charge is 0.0638 e. The van der Waals surface area contributed by atoms with Crippen molar-refractivity contribution in [1.82, 2.24) is 0 Å². The van der Waals surface area contributed by atoms with Crippen LogP contribution in [0.5, 0.6) is 0 Å². The molecule has 1 unspecified atom stereocenters. The van der Waals surface area contributed by atoms with E-state index < -0.39 is 0 Å². The summed E-state index contributed by atoms with van der Waals surface area (Å²) in [6.07, 6.45) is 11.8. The summed E-state index contributed by atoms with van der Waals surface area (Å²) >= 11 is 0. The zero-order valence-electron chi connectivity index (χ0n) is 16.8. The summed E-state index contributed by atoms with van der Waals surface area (Å²) in [7, 11) is 1.99. The molecule has 1 spiro atoms. The van der Waals surface area contributed by atoms with E-state index in [4.69, 9.17) is 4.74 Å². The molecule has 0 radical (unpaired) electrons. The van der Waals surface area contributed by atoms with Crippen LogP contribution in [0.1, 0.15) is 72.1 Å². The molecule has 0 aromatic rings. The van der Waals surface area contributed by atoms with Gasteiger partial charge in [-0.3, -0.25) is 0 Å². The molecule has 5 aliphatic carbocycles. The molecular formula is C23H38O2. The van der Waals surface area contributed by atoms with E-state index in [2.05, 4.69) is 20.8 Å². The molecule has 0 saturated heterocycles. The monoisotopic (exact) mass is 346 g/mol. The molecular weight excluding hydrogens is 308 g/mol. The molecule has 0 amide bonds. The van der Waals surface area contributed by atoms with Gasteiger partial charge in [-0.25, -0.2) is 0 Å². The standard InChI is InChI=1S/C23H38O2/c1-14(13-24)17-5-6-18-16-11-20(25-4)23-12-15(23)7-10-22(23,3)19(16)8-9-21(17,18)2/h14-20,24H,5-13H2,1-4H3/t14-,15-,16+,17-,18+,19+,20-,21-,22-,23?/m1/s1. The molecule has 0 bridgehead atoms. The minimum absolute atomic E-state index is 0.365. The van der Waals surface area contributed by atoms with E-state index >= 15 is 0 Å². The molecule has 142 valence electrons. The predicted molar refractivity (Wildman–Crippen MR) is 100 cm³/mol. The van der Waals surface area contributed by atoms with Gasteiger partial charge in [-0.05, 0) is 97.7 Å². The molecule has 5 fully saturated rings. The molecule has 0 aromatic carbocycles. The second kappa shape index (κ2) is 5.25. The molecule has 25 heavy (non-hydrogen) atoms. The highest BCUT2D eigenvalue weighted by atomic mass is 16.5. The maximum Gasteiger partial charge on any atom is 0.0638 e. The third-order valence-electron chi connectivity index (χ3n) is 10.9. The summed E-state index contributed by atoms with van der Waals surface area (Å²) in [6, 6.07) is 0. The first kappa shape index (κ1) is 17.0. The molecule has 5 rings (SSSR count). The average molecular weight is 347 g/mol. The van der Waals surface area contributed by atoms with Crippen LogP contribution in [0.4, 0.5) is 0 Å². The summed E-state index contributed by atoms with van der Waals surface area (Å²) in [4.78, 5) is 0. The van der Waals surface area contributed by atoms with Gasteiger partial charge in [-0.2, -0.15) is 0 Å². The largest absolute Gasteiger partial charge is 0.396 e. The van der Waals surface area contributed by atoms with Gasteiger partial charge < -0.3 is 9.84 Å². The van der Waals surface area contributed by atoms with E-state index in [1.165, 1.54) is 51.4 Å². The Morgan fingerprint density at radius 1 is 1.08 bits per heavy atom. The molecule has 1 N–H and O–H groups in total. The zero-order valence-corrected chi connectivity index (χ0v) is 16.8. The van der Waals surface area contributed by atoms with Crippen LogP contribution in [0, 0.1) is 51.8 Å². The van der Waals surface area contributed by atoms with Gasteiger partial charge in [0.1, 0.15) is 0 Å². The Morgan fingerprint density at radius 2 is 1.88 bits per heavy atom. The molecule has 5 saturated carbocycles.